The van der Waals surface area contributed by atoms with E-state index in [4.69, 9.17) is 11.6 Å². The lowest BCUT2D eigenvalue weighted by Gasteiger charge is -2.22. The average Bonchev–Trinajstić information content (AvgIpc) is 2.28. The summed E-state index contributed by atoms with van der Waals surface area (Å²) in [6, 6.07) is 5.91. The van der Waals surface area contributed by atoms with Gasteiger partial charge in [-0.2, -0.15) is 0 Å². The van der Waals surface area contributed by atoms with E-state index in [-0.39, 0.29) is 18.5 Å². The SMILES string of the molecule is Cc1ccc(Cl)c(NCC(=O)N(C)C(C)C)c1. The number of aryl methyl sites for hydroxylation is 1. The average molecular weight is 255 g/mol. The van der Waals surface area contributed by atoms with E-state index in [2.05, 4.69) is 5.32 Å². The molecule has 0 aliphatic heterocycles. The molecule has 0 unspecified atom stereocenters. The minimum Gasteiger partial charge on any atom is -0.375 e. The normalized spacial score (nSPS) is 10.5. The molecule has 0 aromatic heterocycles. The molecule has 0 fully saturated rings. The van der Waals surface area contributed by atoms with Crippen LogP contribution in [0.25, 0.3) is 0 Å². The maximum absolute atomic E-state index is 11.8. The van der Waals surface area contributed by atoms with Gasteiger partial charge in [0, 0.05) is 13.1 Å². The molecule has 1 amide bonds. The number of carbonyl (C=O) groups excluding carboxylic acids is 1. The number of carbonyl (C=O) groups is 1. The van der Waals surface area contributed by atoms with Crippen molar-refractivity contribution in [2.45, 2.75) is 26.8 Å². The van der Waals surface area contributed by atoms with Crippen molar-refractivity contribution in [3.63, 3.8) is 0 Å². The fourth-order valence-corrected chi connectivity index (χ4v) is 1.54. The topological polar surface area (TPSA) is 32.3 Å². The molecule has 0 aliphatic carbocycles. The molecule has 1 aromatic rings. The van der Waals surface area contributed by atoms with Gasteiger partial charge in [-0.15, -0.1) is 0 Å². The fraction of sp³-hybridized carbons (Fsp3) is 0.462. The van der Waals surface area contributed by atoms with Crippen molar-refractivity contribution >= 4 is 23.2 Å². The number of anilines is 1. The Balaban J connectivity index is 2.61. The third-order valence-electron chi connectivity index (χ3n) is 2.72. The Morgan fingerprint density at radius 1 is 1.47 bits per heavy atom. The number of benzene rings is 1. The molecule has 1 N–H and O–H groups in total. The number of nitrogens with one attached hydrogen (secondary N) is 1. The Morgan fingerprint density at radius 3 is 2.71 bits per heavy atom. The number of hydrogen-bond acceptors (Lipinski definition) is 2. The number of rotatable bonds is 4. The summed E-state index contributed by atoms with van der Waals surface area (Å²) in [5.74, 6) is 0.0533. The van der Waals surface area contributed by atoms with Gasteiger partial charge < -0.3 is 10.2 Å². The molecule has 94 valence electrons. The number of nitrogens with zero attached hydrogens (tertiary/aromatic N) is 1. The number of halogens is 1. The third-order valence-corrected chi connectivity index (χ3v) is 3.05. The van der Waals surface area contributed by atoms with Crippen LogP contribution < -0.4 is 5.32 Å². The molecule has 4 heteroatoms. The van der Waals surface area contributed by atoms with E-state index < -0.39 is 0 Å². The second-order valence-electron chi connectivity index (χ2n) is 4.44. The summed E-state index contributed by atoms with van der Waals surface area (Å²) in [5.41, 5.74) is 1.92. The lowest BCUT2D eigenvalue weighted by Crippen LogP contribution is -2.37. The van der Waals surface area contributed by atoms with Crippen LogP contribution in [-0.4, -0.2) is 30.4 Å². The van der Waals surface area contributed by atoms with Gasteiger partial charge in [-0.1, -0.05) is 17.7 Å². The predicted molar refractivity (Wildman–Crippen MR) is 72.6 cm³/mol. The molecule has 17 heavy (non-hydrogen) atoms. The van der Waals surface area contributed by atoms with Crippen LogP contribution in [0.4, 0.5) is 5.69 Å². The summed E-state index contributed by atoms with van der Waals surface area (Å²) in [6.45, 7) is 6.22. The predicted octanol–water partition coefficient (Wildman–Crippen LogP) is 2.93. The summed E-state index contributed by atoms with van der Waals surface area (Å²) in [7, 11) is 1.80. The molecule has 0 spiro atoms. The molecule has 0 radical (unpaired) electrons. The first-order chi connectivity index (χ1) is 7.91. The van der Waals surface area contributed by atoms with E-state index in [0.29, 0.717) is 5.02 Å². The highest BCUT2D eigenvalue weighted by atomic mass is 35.5. The molecule has 1 rings (SSSR count). The molecule has 0 saturated carbocycles. The van der Waals surface area contributed by atoms with Crippen LogP contribution in [0.1, 0.15) is 19.4 Å². The van der Waals surface area contributed by atoms with E-state index in [1.807, 2.05) is 39.0 Å². The van der Waals surface area contributed by atoms with Crippen LogP contribution >= 0.6 is 11.6 Å². The monoisotopic (exact) mass is 254 g/mol. The van der Waals surface area contributed by atoms with Gasteiger partial charge in [-0.25, -0.2) is 0 Å². The zero-order valence-electron chi connectivity index (χ0n) is 10.7. The van der Waals surface area contributed by atoms with Crippen molar-refractivity contribution in [3.05, 3.63) is 28.8 Å². The Bertz CT molecular complexity index is 404. The van der Waals surface area contributed by atoms with Crippen molar-refractivity contribution < 1.29 is 4.79 Å². The van der Waals surface area contributed by atoms with Crippen molar-refractivity contribution in [1.29, 1.82) is 0 Å². The van der Waals surface area contributed by atoms with Crippen LogP contribution in [0.3, 0.4) is 0 Å². The summed E-state index contributed by atoms with van der Waals surface area (Å²) in [4.78, 5) is 13.5. The highest BCUT2D eigenvalue weighted by molar-refractivity contribution is 6.33. The smallest absolute Gasteiger partial charge is 0.241 e. The number of amides is 1. The Kier molecular flexibility index (Phi) is 4.82. The van der Waals surface area contributed by atoms with Crippen LogP contribution in [0.2, 0.25) is 5.02 Å². The van der Waals surface area contributed by atoms with Crippen molar-refractivity contribution in [3.8, 4) is 0 Å². The molecule has 3 nitrogen and oxygen atoms in total. The van der Waals surface area contributed by atoms with E-state index in [0.717, 1.165) is 11.3 Å². The fourth-order valence-electron chi connectivity index (χ4n) is 1.36. The van der Waals surface area contributed by atoms with Gasteiger partial charge in [0.15, 0.2) is 0 Å². The van der Waals surface area contributed by atoms with Gasteiger partial charge in [0.25, 0.3) is 0 Å². The first kappa shape index (κ1) is 13.8. The molecular formula is C13H19ClN2O. The Labute approximate surface area is 108 Å². The first-order valence-electron chi connectivity index (χ1n) is 5.67. The molecule has 0 atom stereocenters. The highest BCUT2D eigenvalue weighted by Crippen LogP contribution is 2.22. The largest absolute Gasteiger partial charge is 0.375 e. The molecular weight excluding hydrogens is 236 g/mol. The second-order valence-corrected chi connectivity index (χ2v) is 4.84. The third kappa shape index (κ3) is 3.93. The zero-order valence-corrected chi connectivity index (χ0v) is 11.5. The van der Waals surface area contributed by atoms with Gasteiger partial charge in [0.05, 0.1) is 17.3 Å². The van der Waals surface area contributed by atoms with Gasteiger partial charge >= 0.3 is 0 Å². The summed E-state index contributed by atoms with van der Waals surface area (Å²) < 4.78 is 0. The van der Waals surface area contributed by atoms with Gasteiger partial charge in [0.1, 0.15) is 0 Å². The van der Waals surface area contributed by atoms with Crippen LogP contribution in [-0.2, 0) is 4.79 Å². The van der Waals surface area contributed by atoms with Crippen LogP contribution in [0, 0.1) is 6.92 Å². The lowest BCUT2D eigenvalue weighted by atomic mass is 10.2. The molecule has 0 bridgehead atoms. The number of hydrogen-bond donors (Lipinski definition) is 1. The zero-order chi connectivity index (χ0) is 13.0. The number of likely N-dealkylation sites (N-methyl/N-ethyl adjacent to an activating group) is 1. The lowest BCUT2D eigenvalue weighted by molar-refractivity contribution is -0.129. The Morgan fingerprint density at radius 2 is 2.12 bits per heavy atom. The van der Waals surface area contributed by atoms with Crippen molar-refractivity contribution in [2.75, 3.05) is 18.9 Å². The maximum atomic E-state index is 11.8. The van der Waals surface area contributed by atoms with E-state index in [1.54, 1.807) is 11.9 Å². The van der Waals surface area contributed by atoms with Gasteiger partial charge in [-0.05, 0) is 38.5 Å². The molecule has 0 aliphatic rings. The van der Waals surface area contributed by atoms with Crippen molar-refractivity contribution in [2.24, 2.45) is 0 Å². The highest BCUT2D eigenvalue weighted by Gasteiger charge is 2.11. The van der Waals surface area contributed by atoms with E-state index in [1.165, 1.54) is 0 Å². The molecule has 0 saturated heterocycles. The standard InChI is InChI=1S/C13H19ClN2O/c1-9(2)16(4)13(17)8-15-12-7-10(3)5-6-11(12)14/h5-7,9,15H,8H2,1-4H3. The van der Waals surface area contributed by atoms with Gasteiger partial charge in [-0.3, -0.25) is 4.79 Å². The van der Waals surface area contributed by atoms with Crippen molar-refractivity contribution in [1.82, 2.24) is 4.90 Å². The minimum absolute atomic E-state index is 0.0533. The summed E-state index contributed by atoms with van der Waals surface area (Å²) in [6.07, 6.45) is 0. The van der Waals surface area contributed by atoms with E-state index >= 15 is 0 Å². The molecule has 0 heterocycles. The second kappa shape index (κ2) is 5.92. The van der Waals surface area contributed by atoms with Gasteiger partial charge in [0.2, 0.25) is 5.91 Å². The van der Waals surface area contributed by atoms with E-state index in [9.17, 15) is 4.79 Å². The quantitative estimate of drug-likeness (QED) is 0.896. The molecule has 1 aromatic carbocycles. The summed E-state index contributed by atoms with van der Waals surface area (Å²) >= 11 is 6.03. The summed E-state index contributed by atoms with van der Waals surface area (Å²) in [5, 5.41) is 3.70. The minimum atomic E-state index is 0.0533. The Hall–Kier alpha value is -1.22. The first-order valence-corrected chi connectivity index (χ1v) is 6.05. The van der Waals surface area contributed by atoms with Crippen LogP contribution in [0.15, 0.2) is 18.2 Å². The van der Waals surface area contributed by atoms with Crippen LogP contribution in [0.5, 0.6) is 0 Å². The maximum Gasteiger partial charge on any atom is 0.241 e.